The summed E-state index contributed by atoms with van der Waals surface area (Å²) in [5.41, 5.74) is 3.64. The second-order valence-corrected chi connectivity index (χ2v) is 10.1. The summed E-state index contributed by atoms with van der Waals surface area (Å²) >= 11 is 0. The van der Waals surface area contributed by atoms with E-state index in [1.165, 1.54) is 16.0 Å². The Hall–Kier alpha value is -3.35. The van der Waals surface area contributed by atoms with Crippen molar-refractivity contribution in [3.63, 3.8) is 0 Å². The zero-order chi connectivity index (χ0) is 24.6. The van der Waals surface area contributed by atoms with E-state index in [-0.39, 0.29) is 30.3 Å². The molecule has 2 fully saturated rings. The molecule has 0 heterocycles. The average Bonchev–Trinajstić information content (AvgIpc) is 3.64. The number of likely N-dealkylation sites (N-methyl/N-ethyl adjacent to an activating group) is 1. The molecule has 3 aliphatic rings. The summed E-state index contributed by atoms with van der Waals surface area (Å²) in [6.07, 6.45) is 3.99. The highest BCUT2D eigenvalue weighted by molar-refractivity contribution is 5.90. The summed E-state index contributed by atoms with van der Waals surface area (Å²) < 4.78 is 5.65. The molecule has 0 aromatic heterocycles. The predicted molar refractivity (Wildman–Crippen MR) is 131 cm³/mol. The monoisotopic (exact) mass is 476 g/mol. The maximum absolute atomic E-state index is 13.2. The fraction of sp³-hybridized carbons (Fsp3) is 0.464. The van der Waals surface area contributed by atoms with Crippen molar-refractivity contribution in [3.05, 3.63) is 59.7 Å². The van der Waals surface area contributed by atoms with E-state index in [4.69, 9.17) is 4.74 Å². The molecule has 2 N–H and O–H groups in total. The normalized spacial score (nSPS) is 22.0. The zero-order valence-corrected chi connectivity index (χ0v) is 20.0. The van der Waals surface area contributed by atoms with Gasteiger partial charge >= 0.3 is 12.1 Å². The Balaban J connectivity index is 1.19. The van der Waals surface area contributed by atoms with Gasteiger partial charge < -0.3 is 20.1 Å². The van der Waals surface area contributed by atoms with Crippen LogP contribution in [-0.2, 0) is 14.3 Å². The molecule has 7 heteroatoms. The lowest BCUT2D eigenvalue weighted by atomic mass is 9.78. The van der Waals surface area contributed by atoms with Crippen LogP contribution in [0.5, 0.6) is 0 Å². The maximum Gasteiger partial charge on any atom is 0.407 e. The lowest BCUT2D eigenvalue weighted by Gasteiger charge is -2.35. The first-order chi connectivity index (χ1) is 16.9. The highest BCUT2D eigenvalue weighted by atomic mass is 16.5. The van der Waals surface area contributed by atoms with Crippen molar-refractivity contribution in [3.8, 4) is 11.1 Å². The third-order valence-electron chi connectivity index (χ3n) is 8.17. The average molecular weight is 477 g/mol. The van der Waals surface area contributed by atoms with Gasteiger partial charge in [-0.2, -0.15) is 0 Å². The van der Waals surface area contributed by atoms with Crippen LogP contribution in [0.3, 0.4) is 0 Å². The fourth-order valence-corrected chi connectivity index (χ4v) is 5.91. The minimum atomic E-state index is -1.04. The first kappa shape index (κ1) is 23.4. The molecule has 2 aromatic carbocycles. The van der Waals surface area contributed by atoms with Crippen molar-refractivity contribution in [1.29, 1.82) is 0 Å². The van der Waals surface area contributed by atoms with Crippen LogP contribution in [0.2, 0.25) is 0 Å². The van der Waals surface area contributed by atoms with E-state index in [2.05, 4.69) is 29.6 Å². The summed E-state index contributed by atoms with van der Waals surface area (Å²) in [7, 11) is 1.61. The molecular weight excluding hydrogens is 444 g/mol. The van der Waals surface area contributed by atoms with Crippen molar-refractivity contribution in [2.24, 2.45) is 11.8 Å². The molecule has 0 saturated heterocycles. The number of aliphatic carboxylic acids is 1. The standard InChI is InChI=1S/C28H32N2O5/c1-30(28(14-15-28)26(32)33)25(31)19-9-3-2-8-18(19)16-29-27(34)35-17-24-22-12-6-4-10-20(22)21-11-5-7-13-23(21)24/h4-7,10-13,18-19,24H,2-3,8-9,14-17H2,1H3,(H,29,34)(H,32,33). The SMILES string of the molecule is CN(C(=O)C1CCCCC1CNC(=O)OCC1c2ccccc2-c2ccccc21)C1(C(=O)O)CC1. The highest BCUT2D eigenvalue weighted by Crippen LogP contribution is 2.45. The van der Waals surface area contributed by atoms with E-state index in [0.29, 0.717) is 19.4 Å². The van der Waals surface area contributed by atoms with E-state index in [1.807, 2.05) is 24.3 Å². The molecule has 7 nitrogen and oxygen atoms in total. The molecule has 2 amide bonds. The molecule has 0 spiro atoms. The molecule has 3 aliphatic carbocycles. The van der Waals surface area contributed by atoms with Crippen molar-refractivity contribution in [2.75, 3.05) is 20.2 Å². The Kier molecular flexibility index (Phi) is 6.26. The van der Waals surface area contributed by atoms with Crippen LogP contribution in [0.25, 0.3) is 11.1 Å². The van der Waals surface area contributed by atoms with Gasteiger partial charge in [0.15, 0.2) is 0 Å². The van der Waals surface area contributed by atoms with Crippen LogP contribution in [0.4, 0.5) is 4.79 Å². The third kappa shape index (κ3) is 4.28. The van der Waals surface area contributed by atoms with Crippen molar-refractivity contribution in [2.45, 2.75) is 50.0 Å². The van der Waals surface area contributed by atoms with Crippen LogP contribution in [0, 0.1) is 11.8 Å². The largest absolute Gasteiger partial charge is 0.479 e. The summed E-state index contributed by atoms with van der Waals surface area (Å²) in [4.78, 5) is 38.9. The molecule has 0 aliphatic heterocycles. The minimum absolute atomic E-state index is 0.00319. The number of amides is 2. The first-order valence-electron chi connectivity index (χ1n) is 12.5. The maximum atomic E-state index is 13.2. The highest BCUT2D eigenvalue weighted by Gasteiger charge is 2.56. The number of carboxylic acids is 1. The Morgan fingerprint density at radius 1 is 1.00 bits per heavy atom. The van der Waals surface area contributed by atoms with Crippen LogP contribution < -0.4 is 5.32 Å². The van der Waals surface area contributed by atoms with E-state index < -0.39 is 17.6 Å². The van der Waals surface area contributed by atoms with Gasteiger partial charge in [-0.15, -0.1) is 0 Å². The summed E-state index contributed by atoms with van der Waals surface area (Å²) in [5.74, 6) is -1.36. The van der Waals surface area contributed by atoms with Crippen molar-refractivity contribution < 1.29 is 24.2 Å². The van der Waals surface area contributed by atoms with Crippen molar-refractivity contribution in [1.82, 2.24) is 10.2 Å². The Bertz CT molecular complexity index is 1100. The number of alkyl carbamates (subject to hydrolysis) is 1. The molecular formula is C28H32N2O5. The number of ether oxygens (including phenoxy) is 1. The minimum Gasteiger partial charge on any atom is -0.479 e. The lowest BCUT2D eigenvalue weighted by molar-refractivity contribution is -0.154. The zero-order valence-electron chi connectivity index (χ0n) is 20.0. The van der Waals surface area contributed by atoms with E-state index in [9.17, 15) is 19.5 Å². The summed E-state index contributed by atoms with van der Waals surface area (Å²) in [6.45, 7) is 0.595. The third-order valence-corrected chi connectivity index (χ3v) is 8.17. The Morgan fingerprint density at radius 3 is 2.20 bits per heavy atom. The van der Waals surface area contributed by atoms with Gasteiger partial charge in [0.25, 0.3) is 0 Å². The number of carboxylic acid groups (broad SMARTS) is 1. The number of carbonyl (C=O) groups excluding carboxylic acids is 2. The Labute approximate surface area is 205 Å². The lowest BCUT2D eigenvalue weighted by Crippen LogP contribution is -2.50. The fourth-order valence-electron chi connectivity index (χ4n) is 5.91. The van der Waals surface area contributed by atoms with Crippen LogP contribution in [0.1, 0.15) is 55.6 Å². The van der Waals surface area contributed by atoms with E-state index in [1.54, 1.807) is 7.05 Å². The van der Waals surface area contributed by atoms with Gasteiger partial charge in [-0.05, 0) is 53.9 Å². The number of carbonyl (C=O) groups is 3. The molecule has 2 aromatic rings. The molecule has 2 saturated carbocycles. The number of fused-ring (bicyclic) bond motifs is 3. The molecule has 2 atom stereocenters. The van der Waals surface area contributed by atoms with Crippen LogP contribution >= 0.6 is 0 Å². The quantitative estimate of drug-likeness (QED) is 0.617. The summed E-state index contributed by atoms with van der Waals surface area (Å²) in [6, 6.07) is 16.4. The van der Waals surface area contributed by atoms with Crippen molar-refractivity contribution >= 4 is 18.0 Å². The van der Waals surface area contributed by atoms with E-state index >= 15 is 0 Å². The molecule has 184 valence electrons. The second kappa shape index (κ2) is 9.36. The van der Waals surface area contributed by atoms with Crippen LogP contribution in [-0.4, -0.2) is 53.7 Å². The van der Waals surface area contributed by atoms with Gasteiger partial charge in [-0.1, -0.05) is 61.4 Å². The number of hydrogen-bond donors (Lipinski definition) is 2. The number of rotatable bonds is 7. The molecule has 35 heavy (non-hydrogen) atoms. The second-order valence-electron chi connectivity index (χ2n) is 10.1. The predicted octanol–water partition coefficient (Wildman–Crippen LogP) is 4.41. The number of nitrogens with one attached hydrogen (secondary N) is 1. The first-order valence-corrected chi connectivity index (χ1v) is 12.5. The van der Waals surface area contributed by atoms with Gasteiger partial charge in [0, 0.05) is 25.4 Å². The Morgan fingerprint density at radius 2 is 1.60 bits per heavy atom. The van der Waals surface area contributed by atoms with Gasteiger partial charge in [0.05, 0.1) is 0 Å². The van der Waals surface area contributed by atoms with Gasteiger partial charge in [-0.25, -0.2) is 9.59 Å². The topological polar surface area (TPSA) is 95.9 Å². The number of hydrogen-bond acceptors (Lipinski definition) is 4. The number of nitrogens with zero attached hydrogens (tertiary/aromatic N) is 1. The van der Waals surface area contributed by atoms with Gasteiger partial charge in [-0.3, -0.25) is 4.79 Å². The molecule has 0 radical (unpaired) electrons. The van der Waals surface area contributed by atoms with Gasteiger partial charge in [0.1, 0.15) is 12.1 Å². The molecule has 0 bridgehead atoms. The van der Waals surface area contributed by atoms with Gasteiger partial charge in [0.2, 0.25) is 5.91 Å². The van der Waals surface area contributed by atoms with E-state index in [0.717, 1.165) is 36.8 Å². The smallest absolute Gasteiger partial charge is 0.407 e. The van der Waals surface area contributed by atoms with Crippen LogP contribution in [0.15, 0.2) is 48.5 Å². The molecule has 2 unspecified atom stereocenters. The number of benzene rings is 2. The molecule has 5 rings (SSSR count). The summed E-state index contributed by atoms with van der Waals surface area (Å²) in [5, 5.41) is 12.4.